The molecule has 114 valence electrons. The van der Waals surface area contributed by atoms with E-state index in [1.54, 1.807) is 18.2 Å². The van der Waals surface area contributed by atoms with Gasteiger partial charge >= 0.3 is 5.97 Å². The molecule has 0 saturated carbocycles. The van der Waals surface area contributed by atoms with Crippen LogP contribution in [0.2, 0.25) is 0 Å². The molecule has 0 aromatic heterocycles. The third-order valence-corrected chi connectivity index (χ3v) is 3.22. The number of benzene rings is 1. The van der Waals surface area contributed by atoms with Crippen molar-refractivity contribution in [2.24, 2.45) is 0 Å². The van der Waals surface area contributed by atoms with Crippen LogP contribution in [0.3, 0.4) is 0 Å². The maximum absolute atomic E-state index is 12.2. The van der Waals surface area contributed by atoms with Crippen molar-refractivity contribution in [1.29, 1.82) is 0 Å². The molecule has 21 heavy (non-hydrogen) atoms. The number of nitrogens with one attached hydrogen (secondary N) is 1. The zero-order valence-electron chi connectivity index (χ0n) is 12.6. The van der Waals surface area contributed by atoms with Crippen molar-refractivity contribution >= 4 is 18.0 Å². The molecule has 0 heterocycles. The average Bonchev–Trinajstić information content (AvgIpc) is 2.49. The van der Waals surface area contributed by atoms with Crippen LogP contribution < -0.4 is 10.1 Å². The van der Waals surface area contributed by atoms with Gasteiger partial charge in [-0.1, -0.05) is 13.8 Å². The first-order chi connectivity index (χ1) is 10.0. The van der Waals surface area contributed by atoms with Gasteiger partial charge in [0.25, 0.3) is 5.91 Å². The maximum Gasteiger partial charge on any atom is 0.328 e. The van der Waals surface area contributed by atoms with Crippen molar-refractivity contribution in [3.05, 3.63) is 35.4 Å². The first-order valence-corrected chi connectivity index (χ1v) is 6.91. The van der Waals surface area contributed by atoms with Gasteiger partial charge in [0, 0.05) is 23.2 Å². The third-order valence-electron chi connectivity index (χ3n) is 3.22. The number of ether oxygens (including phenoxy) is 1. The van der Waals surface area contributed by atoms with Gasteiger partial charge in [-0.15, -0.1) is 0 Å². The minimum Gasteiger partial charge on any atom is -0.496 e. The van der Waals surface area contributed by atoms with Crippen molar-refractivity contribution in [3.63, 3.8) is 0 Å². The van der Waals surface area contributed by atoms with Gasteiger partial charge in [0.1, 0.15) is 5.75 Å². The van der Waals surface area contributed by atoms with Crippen LogP contribution >= 0.6 is 0 Å². The number of methoxy groups -OCH3 is 1. The van der Waals surface area contributed by atoms with Crippen LogP contribution in [0.4, 0.5) is 0 Å². The summed E-state index contributed by atoms with van der Waals surface area (Å²) in [6.45, 7) is 4.03. The van der Waals surface area contributed by atoms with Crippen LogP contribution in [0.1, 0.15) is 42.6 Å². The first kappa shape index (κ1) is 16.8. The minimum atomic E-state index is -1.05. The normalized spacial score (nSPS) is 10.9. The highest BCUT2D eigenvalue weighted by Gasteiger charge is 2.12. The van der Waals surface area contributed by atoms with E-state index in [-0.39, 0.29) is 11.9 Å². The molecule has 5 heteroatoms. The molecule has 0 aliphatic rings. The molecule has 2 N–H and O–H groups in total. The van der Waals surface area contributed by atoms with Crippen molar-refractivity contribution < 1.29 is 19.4 Å². The second-order valence-electron chi connectivity index (χ2n) is 4.62. The number of carbonyl (C=O) groups excluding carboxylic acids is 1. The van der Waals surface area contributed by atoms with Crippen molar-refractivity contribution in [3.8, 4) is 5.75 Å². The Balaban J connectivity index is 3.01. The van der Waals surface area contributed by atoms with Crippen LogP contribution in [0.25, 0.3) is 6.08 Å². The Kier molecular flexibility index (Phi) is 6.46. The molecule has 0 aliphatic carbocycles. The van der Waals surface area contributed by atoms with E-state index < -0.39 is 5.97 Å². The highest BCUT2D eigenvalue weighted by molar-refractivity contribution is 5.95. The SMILES string of the molecule is CCC(CC)NC(=O)c1ccc(OC)c(C=CC(=O)O)c1. The van der Waals surface area contributed by atoms with Crippen LogP contribution in [-0.4, -0.2) is 30.1 Å². The second kappa shape index (κ2) is 8.09. The van der Waals surface area contributed by atoms with Gasteiger partial charge in [-0.05, 0) is 37.1 Å². The lowest BCUT2D eigenvalue weighted by Crippen LogP contribution is -2.33. The van der Waals surface area contributed by atoms with Gasteiger partial charge < -0.3 is 15.2 Å². The summed E-state index contributed by atoms with van der Waals surface area (Å²) in [7, 11) is 1.50. The Hall–Kier alpha value is -2.30. The van der Waals surface area contributed by atoms with Crippen molar-refractivity contribution in [1.82, 2.24) is 5.32 Å². The zero-order valence-corrected chi connectivity index (χ0v) is 12.6. The van der Waals surface area contributed by atoms with Crippen LogP contribution in [0.15, 0.2) is 24.3 Å². The second-order valence-corrected chi connectivity index (χ2v) is 4.62. The molecule has 0 atom stereocenters. The van der Waals surface area contributed by atoms with Crippen molar-refractivity contribution in [2.45, 2.75) is 32.7 Å². The number of aliphatic carboxylic acids is 1. The van der Waals surface area contributed by atoms with E-state index in [4.69, 9.17) is 9.84 Å². The topological polar surface area (TPSA) is 75.6 Å². The number of rotatable bonds is 7. The Labute approximate surface area is 124 Å². The summed E-state index contributed by atoms with van der Waals surface area (Å²) in [5.74, 6) is -0.702. The fourth-order valence-corrected chi connectivity index (χ4v) is 1.93. The van der Waals surface area contributed by atoms with E-state index in [0.717, 1.165) is 18.9 Å². The summed E-state index contributed by atoms with van der Waals surface area (Å²) >= 11 is 0. The predicted octanol–water partition coefficient (Wildman–Crippen LogP) is 2.71. The molecule has 0 spiro atoms. The Morgan fingerprint density at radius 2 is 2.00 bits per heavy atom. The fraction of sp³-hybridized carbons (Fsp3) is 0.375. The molecule has 0 saturated heterocycles. The Morgan fingerprint density at radius 1 is 1.33 bits per heavy atom. The van der Waals surface area contributed by atoms with Gasteiger partial charge in [-0.25, -0.2) is 4.79 Å². The van der Waals surface area contributed by atoms with Crippen LogP contribution in [-0.2, 0) is 4.79 Å². The molecule has 0 fully saturated rings. The lowest BCUT2D eigenvalue weighted by Gasteiger charge is -2.15. The van der Waals surface area contributed by atoms with Gasteiger partial charge in [0.15, 0.2) is 0 Å². The first-order valence-electron chi connectivity index (χ1n) is 6.91. The number of carboxylic acids is 1. The number of hydrogen-bond donors (Lipinski definition) is 2. The van der Waals surface area contributed by atoms with Crippen molar-refractivity contribution in [2.75, 3.05) is 7.11 Å². The standard InChI is InChI=1S/C16H21NO4/c1-4-13(5-2)17-16(20)12-6-8-14(21-3)11(10-12)7-9-15(18)19/h6-10,13H,4-5H2,1-3H3,(H,17,20)(H,18,19). The molecule has 0 bridgehead atoms. The highest BCUT2D eigenvalue weighted by Crippen LogP contribution is 2.21. The molecule has 0 radical (unpaired) electrons. The predicted molar refractivity (Wildman–Crippen MR) is 81.5 cm³/mol. The third kappa shape index (κ3) is 4.95. The van der Waals surface area contributed by atoms with E-state index in [9.17, 15) is 9.59 Å². The lowest BCUT2D eigenvalue weighted by molar-refractivity contribution is -0.131. The smallest absolute Gasteiger partial charge is 0.328 e. The largest absolute Gasteiger partial charge is 0.496 e. The summed E-state index contributed by atoms with van der Waals surface area (Å²) in [6, 6.07) is 5.08. The molecule has 5 nitrogen and oxygen atoms in total. The molecular formula is C16H21NO4. The monoisotopic (exact) mass is 291 g/mol. The van der Waals surface area contributed by atoms with E-state index in [0.29, 0.717) is 16.9 Å². The highest BCUT2D eigenvalue weighted by atomic mass is 16.5. The maximum atomic E-state index is 12.2. The van der Waals surface area contributed by atoms with Gasteiger partial charge in [-0.2, -0.15) is 0 Å². The molecular weight excluding hydrogens is 270 g/mol. The summed E-state index contributed by atoms with van der Waals surface area (Å²) in [5.41, 5.74) is 1.03. The Morgan fingerprint density at radius 3 is 2.52 bits per heavy atom. The summed E-state index contributed by atoms with van der Waals surface area (Å²) < 4.78 is 5.16. The molecule has 0 aliphatic heterocycles. The molecule has 1 rings (SSSR count). The molecule has 0 unspecified atom stereocenters. The number of amides is 1. The van der Waals surface area contributed by atoms with Crippen LogP contribution in [0, 0.1) is 0 Å². The molecule has 1 amide bonds. The summed E-state index contributed by atoms with van der Waals surface area (Å²) in [5, 5.41) is 11.6. The van der Waals surface area contributed by atoms with Crippen LogP contribution in [0.5, 0.6) is 5.75 Å². The molecule has 1 aromatic carbocycles. The average molecular weight is 291 g/mol. The van der Waals surface area contributed by atoms with Gasteiger partial charge in [0.2, 0.25) is 0 Å². The van der Waals surface area contributed by atoms with Gasteiger partial charge in [0.05, 0.1) is 7.11 Å². The van der Waals surface area contributed by atoms with E-state index in [1.807, 2.05) is 13.8 Å². The number of carbonyl (C=O) groups is 2. The summed E-state index contributed by atoms with van der Waals surface area (Å²) in [4.78, 5) is 22.8. The van der Waals surface area contributed by atoms with E-state index in [2.05, 4.69) is 5.32 Å². The lowest BCUT2D eigenvalue weighted by atomic mass is 10.1. The quantitative estimate of drug-likeness (QED) is 0.757. The number of carboxylic acid groups (broad SMARTS) is 1. The summed E-state index contributed by atoms with van der Waals surface area (Å²) in [6.07, 6.45) is 4.16. The zero-order chi connectivity index (χ0) is 15.8. The Bertz CT molecular complexity index is 533. The fourth-order valence-electron chi connectivity index (χ4n) is 1.93. The molecule has 1 aromatic rings. The van der Waals surface area contributed by atoms with Gasteiger partial charge in [-0.3, -0.25) is 4.79 Å². The minimum absolute atomic E-state index is 0.137. The van der Waals surface area contributed by atoms with E-state index in [1.165, 1.54) is 13.2 Å². The number of hydrogen-bond acceptors (Lipinski definition) is 3. The van der Waals surface area contributed by atoms with E-state index >= 15 is 0 Å².